The van der Waals surface area contributed by atoms with Crippen LogP contribution in [0.2, 0.25) is 5.15 Å². The van der Waals surface area contributed by atoms with E-state index in [2.05, 4.69) is 48.1 Å². The van der Waals surface area contributed by atoms with Crippen molar-refractivity contribution in [1.29, 1.82) is 0 Å². The van der Waals surface area contributed by atoms with Crippen LogP contribution in [0, 0.1) is 5.92 Å². The van der Waals surface area contributed by atoms with Crippen molar-refractivity contribution in [3.63, 3.8) is 0 Å². The number of hydrogen-bond donors (Lipinski definition) is 0. The zero-order chi connectivity index (χ0) is 13.7. The smallest absolute Gasteiger partial charge is 0.150 e. The fourth-order valence-electron chi connectivity index (χ4n) is 2.09. The van der Waals surface area contributed by atoms with Gasteiger partial charge in [0.2, 0.25) is 0 Å². The van der Waals surface area contributed by atoms with E-state index >= 15 is 0 Å². The lowest BCUT2D eigenvalue weighted by Crippen LogP contribution is -1.98. The van der Waals surface area contributed by atoms with Crippen molar-refractivity contribution in [2.45, 2.75) is 33.1 Å². The summed E-state index contributed by atoms with van der Waals surface area (Å²) in [5, 5.41) is 0.513. The van der Waals surface area contributed by atoms with Crippen LogP contribution in [-0.2, 0) is 19.3 Å². The van der Waals surface area contributed by atoms with Gasteiger partial charge in [-0.05, 0) is 36.3 Å². The number of rotatable bonds is 5. The van der Waals surface area contributed by atoms with Crippen molar-refractivity contribution in [3.05, 3.63) is 58.6 Å². The van der Waals surface area contributed by atoms with Crippen molar-refractivity contribution in [2.75, 3.05) is 0 Å². The van der Waals surface area contributed by atoms with Crippen LogP contribution >= 0.6 is 11.6 Å². The molecule has 19 heavy (non-hydrogen) atoms. The lowest BCUT2D eigenvalue weighted by atomic mass is 10.0. The van der Waals surface area contributed by atoms with E-state index in [1.807, 2.05) is 0 Å². The minimum absolute atomic E-state index is 0.513. The average Bonchev–Trinajstić information content (AvgIpc) is 2.39. The third-order valence-electron chi connectivity index (χ3n) is 3.04. The summed E-state index contributed by atoms with van der Waals surface area (Å²) >= 11 is 6.00. The van der Waals surface area contributed by atoms with Gasteiger partial charge in [-0.1, -0.05) is 49.7 Å². The molecule has 0 N–H and O–H groups in total. The van der Waals surface area contributed by atoms with Gasteiger partial charge in [-0.2, -0.15) is 0 Å². The predicted octanol–water partition coefficient (Wildman–Crippen LogP) is 4.11. The molecule has 0 spiro atoms. The van der Waals surface area contributed by atoms with E-state index in [1.165, 1.54) is 11.1 Å². The summed E-state index contributed by atoms with van der Waals surface area (Å²) in [6.07, 6.45) is 6.21. The van der Waals surface area contributed by atoms with Crippen LogP contribution in [0.25, 0.3) is 0 Å². The highest BCUT2D eigenvalue weighted by Crippen LogP contribution is 2.14. The van der Waals surface area contributed by atoms with Crippen molar-refractivity contribution >= 4 is 11.6 Å². The van der Waals surface area contributed by atoms with Gasteiger partial charge in [0.05, 0.1) is 5.69 Å². The van der Waals surface area contributed by atoms with Crippen LogP contribution in [0.4, 0.5) is 0 Å². The first-order valence-electron chi connectivity index (χ1n) is 6.68. The summed E-state index contributed by atoms with van der Waals surface area (Å²) in [5.41, 5.74) is 3.58. The molecule has 1 aromatic carbocycles. The SMILES string of the molecule is CC(C)Cc1ccc(CCc2nccnc2Cl)cc1. The fraction of sp³-hybridized carbons (Fsp3) is 0.375. The molecule has 0 aliphatic carbocycles. The molecule has 1 aromatic heterocycles. The molecule has 0 saturated carbocycles. The average molecular weight is 275 g/mol. The molecule has 0 aliphatic rings. The molecule has 0 bridgehead atoms. The second kappa shape index (κ2) is 6.67. The predicted molar refractivity (Wildman–Crippen MR) is 79.4 cm³/mol. The highest BCUT2D eigenvalue weighted by molar-refractivity contribution is 6.29. The Balaban J connectivity index is 1.95. The molecular weight excluding hydrogens is 256 g/mol. The van der Waals surface area contributed by atoms with E-state index in [9.17, 15) is 0 Å². The maximum Gasteiger partial charge on any atom is 0.150 e. The lowest BCUT2D eigenvalue weighted by molar-refractivity contribution is 0.647. The molecule has 2 nitrogen and oxygen atoms in total. The summed E-state index contributed by atoms with van der Waals surface area (Å²) in [5.74, 6) is 0.698. The van der Waals surface area contributed by atoms with Gasteiger partial charge < -0.3 is 0 Å². The van der Waals surface area contributed by atoms with Gasteiger partial charge in [0.25, 0.3) is 0 Å². The fourth-order valence-corrected chi connectivity index (χ4v) is 2.29. The number of nitrogens with zero attached hydrogens (tertiary/aromatic N) is 2. The minimum Gasteiger partial charge on any atom is -0.256 e. The van der Waals surface area contributed by atoms with Gasteiger partial charge in [-0.3, -0.25) is 4.98 Å². The van der Waals surface area contributed by atoms with Crippen molar-refractivity contribution in [3.8, 4) is 0 Å². The van der Waals surface area contributed by atoms with Gasteiger partial charge in [0.1, 0.15) is 5.15 Å². The molecule has 2 rings (SSSR count). The minimum atomic E-state index is 0.513. The molecule has 1 heterocycles. The highest BCUT2D eigenvalue weighted by Gasteiger charge is 2.03. The third kappa shape index (κ3) is 4.32. The molecule has 3 heteroatoms. The van der Waals surface area contributed by atoms with Crippen LogP contribution in [-0.4, -0.2) is 9.97 Å². The Morgan fingerprint density at radius 1 is 0.947 bits per heavy atom. The largest absolute Gasteiger partial charge is 0.256 e. The second-order valence-corrected chi connectivity index (χ2v) is 5.57. The number of aromatic nitrogens is 2. The molecule has 0 saturated heterocycles. The first-order chi connectivity index (χ1) is 9.15. The van der Waals surface area contributed by atoms with Crippen LogP contribution in [0.1, 0.15) is 30.7 Å². The standard InChI is InChI=1S/C16H19ClN2/c1-12(2)11-14-5-3-13(4-6-14)7-8-15-16(17)19-10-9-18-15/h3-6,9-10,12H,7-8,11H2,1-2H3. The molecule has 0 atom stereocenters. The first kappa shape index (κ1) is 14.0. The van der Waals surface area contributed by atoms with Crippen LogP contribution in [0.3, 0.4) is 0 Å². The number of benzene rings is 1. The quantitative estimate of drug-likeness (QED) is 0.820. The van der Waals surface area contributed by atoms with Crippen LogP contribution in [0.15, 0.2) is 36.7 Å². The van der Waals surface area contributed by atoms with E-state index in [0.29, 0.717) is 11.1 Å². The Hall–Kier alpha value is -1.41. The molecule has 100 valence electrons. The van der Waals surface area contributed by atoms with E-state index in [-0.39, 0.29) is 0 Å². The Bertz CT molecular complexity index is 521. The van der Waals surface area contributed by atoms with Gasteiger partial charge in [-0.15, -0.1) is 0 Å². The van der Waals surface area contributed by atoms with Crippen LogP contribution < -0.4 is 0 Å². The molecule has 0 aliphatic heterocycles. The molecular formula is C16H19ClN2. The summed E-state index contributed by atoms with van der Waals surface area (Å²) in [7, 11) is 0. The van der Waals surface area contributed by atoms with E-state index in [4.69, 9.17) is 11.6 Å². The zero-order valence-electron chi connectivity index (χ0n) is 11.4. The topological polar surface area (TPSA) is 25.8 Å². The summed E-state index contributed by atoms with van der Waals surface area (Å²) in [4.78, 5) is 8.30. The number of halogens is 1. The Morgan fingerprint density at radius 3 is 2.21 bits per heavy atom. The van der Waals surface area contributed by atoms with Gasteiger partial charge in [0, 0.05) is 12.4 Å². The second-order valence-electron chi connectivity index (χ2n) is 5.21. The van der Waals surface area contributed by atoms with E-state index < -0.39 is 0 Å². The van der Waals surface area contributed by atoms with Gasteiger partial charge >= 0.3 is 0 Å². The zero-order valence-corrected chi connectivity index (χ0v) is 12.2. The lowest BCUT2D eigenvalue weighted by Gasteiger charge is -2.07. The number of hydrogen-bond acceptors (Lipinski definition) is 2. The molecule has 0 radical (unpaired) electrons. The van der Waals surface area contributed by atoms with Crippen molar-refractivity contribution in [1.82, 2.24) is 9.97 Å². The molecule has 0 fully saturated rings. The monoisotopic (exact) mass is 274 g/mol. The first-order valence-corrected chi connectivity index (χ1v) is 7.06. The summed E-state index contributed by atoms with van der Waals surface area (Å²) in [6.45, 7) is 4.48. The maximum absolute atomic E-state index is 6.00. The van der Waals surface area contributed by atoms with Crippen molar-refractivity contribution in [2.24, 2.45) is 5.92 Å². The summed E-state index contributed by atoms with van der Waals surface area (Å²) in [6, 6.07) is 8.82. The van der Waals surface area contributed by atoms with Gasteiger partial charge in [-0.25, -0.2) is 4.98 Å². The molecule has 0 amide bonds. The maximum atomic E-state index is 6.00. The normalized spacial score (nSPS) is 10.9. The van der Waals surface area contributed by atoms with Crippen LogP contribution in [0.5, 0.6) is 0 Å². The number of aryl methyl sites for hydroxylation is 2. The Labute approximate surface area is 119 Å². The molecule has 0 unspecified atom stereocenters. The third-order valence-corrected chi connectivity index (χ3v) is 3.36. The van der Waals surface area contributed by atoms with E-state index in [1.54, 1.807) is 12.4 Å². The van der Waals surface area contributed by atoms with Gasteiger partial charge in [0.15, 0.2) is 0 Å². The summed E-state index contributed by atoms with van der Waals surface area (Å²) < 4.78 is 0. The molecule has 2 aromatic rings. The highest BCUT2D eigenvalue weighted by atomic mass is 35.5. The Kier molecular flexibility index (Phi) is 4.92. The Morgan fingerprint density at radius 2 is 1.58 bits per heavy atom. The van der Waals surface area contributed by atoms with E-state index in [0.717, 1.165) is 25.0 Å². The van der Waals surface area contributed by atoms with Crippen molar-refractivity contribution < 1.29 is 0 Å².